The van der Waals surface area contributed by atoms with Crippen LogP contribution < -0.4 is 5.32 Å². The van der Waals surface area contributed by atoms with E-state index in [0.29, 0.717) is 13.0 Å². The lowest BCUT2D eigenvalue weighted by Crippen LogP contribution is -2.36. The Bertz CT molecular complexity index is 935. The van der Waals surface area contributed by atoms with E-state index < -0.39 is 9.84 Å². The number of aryl methyl sites for hydroxylation is 1. The van der Waals surface area contributed by atoms with E-state index in [0.717, 1.165) is 21.8 Å². The van der Waals surface area contributed by atoms with Crippen LogP contribution >= 0.6 is 11.3 Å². The molecule has 1 fully saturated rings. The van der Waals surface area contributed by atoms with E-state index in [1.54, 1.807) is 11.3 Å². The summed E-state index contributed by atoms with van der Waals surface area (Å²) in [4.78, 5) is 15.5. The Morgan fingerprint density at radius 2 is 2.21 bits per heavy atom. The van der Waals surface area contributed by atoms with Gasteiger partial charge in [-0.05, 0) is 45.7 Å². The van der Waals surface area contributed by atoms with Crippen LogP contribution in [0, 0.1) is 13.8 Å². The minimum Gasteiger partial charge on any atom is -0.348 e. The lowest BCUT2D eigenvalue weighted by atomic mass is 10.1. The zero-order valence-corrected chi connectivity index (χ0v) is 18.4. The van der Waals surface area contributed by atoms with Crippen LogP contribution in [0.25, 0.3) is 0 Å². The number of carbonyl (C=O) groups is 1. The van der Waals surface area contributed by atoms with Crippen molar-refractivity contribution in [1.82, 2.24) is 20.0 Å². The Labute approximate surface area is 170 Å². The molecule has 3 heterocycles. The monoisotopic (exact) mass is 424 g/mol. The quantitative estimate of drug-likeness (QED) is 0.737. The number of sulfone groups is 1. The molecule has 7 nitrogen and oxygen atoms in total. The summed E-state index contributed by atoms with van der Waals surface area (Å²) in [7, 11) is -1.05. The fourth-order valence-corrected chi connectivity index (χ4v) is 6.14. The molecular weight excluding hydrogens is 396 g/mol. The molecule has 2 aromatic heterocycles. The molecule has 0 unspecified atom stereocenters. The molecule has 9 heteroatoms. The van der Waals surface area contributed by atoms with E-state index in [1.807, 2.05) is 54.9 Å². The highest BCUT2D eigenvalue weighted by Crippen LogP contribution is 2.27. The molecule has 1 N–H and O–H groups in total. The fraction of sp³-hybridized carbons (Fsp3) is 0.579. The molecule has 0 saturated carbocycles. The van der Waals surface area contributed by atoms with E-state index in [4.69, 9.17) is 0 Å². The lowest BCUT2D eigenvalue weighted by molar-refractivity contribution is -0.122. The molecule has 1 amide bonds. The number of hydrogen-bond donors (Lipinski definition) is 1. The van der Waals surface area contributed by atoms with Crippen molar-refractivity contribution in [2.24, 2.45) is 0 Å². The van der Waals surface area contributed by atoms with Crippen LogP contribution in [0.1, 0.15) is 47.3 Å². The van der Waals surface area contributed by atoms with E-state index in [1.165, 1.54) is 0 Å². The highest BCUT2D eigenvalue weighted by molar-refractivity contribution is 7.91. The summed E-state index contributed by atoms with van der Waals surface area (Å²) >= 11 is 1.63. The van der Waals surface area contributed by atoms with Gasteiger partial charge in [0.25, 0.3) is 0 Å². The number of nitrogens with one attached hydrogen (secondary N) is 1. The Balaban J connectivity index is 1.61. The van der Waals surface area contributed by atoms with Crippen LogP contribution in [0.4, 0.5) is 0 Å². The van der Waals surface area contributed by atoms with Crippen molar-refractivity contribution in [3.8, 4) is 0 Å². The Morgan fingerprint density at radius 1 is 1.46 bits per heavy atom. The van der Waals surface area contributed by atoms with Crippen LogP contribution in [-0.2, 0) is 21.2 Å². The highest BCUT2D eigenvalue weighted by Gasteiger charge is 2.31. The predicted molar refractivity (Wildman–Crippen MR) is 111 cm³/mol. The minimum atomic E-state index is -2.96. The molecule has 0 bridgehead atoms. The molecular formula is C19H28N4O3S2. The van der Waals surface area contributed by atoms with Crippen LogP contribution in [0.3, 0.4) is 0 Å². The Kier molecular flexibility index (Phi) is 6.26. The average Bonchev–Trinajstić information content (AvgIpc) is 3.31. The van der Waals surface area contributed by atoms with Crippen molar-refractivity contribution in [3.05, 3.63) is 39.3 Å². The number of nitrogens with zero attached hydrogens (tertiary/aromatic N) is 3. The molecule has 0 aliphatic carbocycles. The van der Waals surface area contributed by atoms with Gasteiger partial charge in [0.1, 0.15) is 0 Å². The summed E-state index contributed by atoms with van der Waals surface area (Å²) in [5, 5.41) is 9.63. The van der Waals surface area contributed by atoms with Crippen molar-refractivity contribution in [1.29, 1.82) is 0 Å². The maximum absolute atomic E-state index is 12.4. The predicted octanol–water partition coefficient (Wildman–Crippen LogP) is 2.23. The zero-order chi connectivity index (χ0) is 20.5. The number of carbonyl (C=O) groups excluding carboxylic acids is 1. The van der Waals surface area contributed by atoms with E-state index in [-0.39, 0.29) is 36.0 Å². The first-order valence-corrected chi connectivity index (χ1v) is 12.1. The molecule has 0 radical (unpaired) electrons. The number of aromatic nitrogens is 2. The van der Waals surface area contributed by atoms with Crippen LogP contribution in [0.2, 0.25) is 0 Å². The second kappa shape index (κ2) is 8.34. The molecule has 0 aromatic carbocycles. The minimum absolute atomic E-state index is 0.00330. The van der Waals surface area contributed by atoms with Gasteiger partial charge in [-0.2, -0.15) is 5.10 Å². The molecule has 1 aliphatic heterocycles. The molecule has 3 rings (SSSR count). The zero-order valence-electron chi connectivity index (χ0n) is 16.8. The molecule has 1 aliphatic rings. The van der Waals surface area contributed by atoms with Gasteiger partial charge in [0.15, 0.2) is 9.84 Å². The standard InChI is InChI=1S/C19H28N4O3S2/c1-13-17(15(3)23(21-13)16-7-9-28(25,26)12-16)10-22(4)11-19(24)20-14(2)18-6-5-8-27-18/h5-6,8,14,16H,7,9-12H2,1-4H3,(H,20,24)/t14-,16-/m0/s1. The third kappa shape index (κ3) is 4.82. The molecule has 1 saturated heterocycles. The molecule has 154 valence electrons. The number of amides is 1. The van der Waals surface area contributed by atoms with Gasteiger partial charge in [0.2, 0.25) is 5.91 Å². The van der Waals surface area contributed by atoms with Crippen LogP contribution in [0.15, 0.2) is 17.5 Å². The van der Waals surface area contributed by atoms with Crippen LogP contribution in [0.5, 0.6) is 0 Å². The largest absolute Gasteiger partial charge is 0.348 e. The Hall–Kier alpha value is -1.71. The number of hydrogen-bond acceptors (Lipinski definition) is 6. The normalized spacial score (nSPS) is 19.8. The maximum Gasteiger partial charge on any atom is 0.234 e. The summed E-state index contributed by atoms with van der Waals surface area (Å²) in [6.45, 7) is 6.79. The van der Waals surface area contributed by atoms with Crippen molar-refractivity contribution in [2.45, 2.75) is 45.8 Å². The molecule has 2 aromatic rings. The Morgan fingerprint density at radius 3 is 2.82 bits per heavy atom. The van der Waals surface area contributed by atoms with Gasteiger partial charge in [0.05, 0.1) is 35.8 Å². The van der Waals surface area contributed by atoms with Gasteiger partial charge in [0, 0.05) is 22.7 Å². The highest BCUT2D eigenvalue weighted by atomic mass is 32.2. The molecule has 0 spiro atoms. The summed E-state index contributed by atoms with van der Waals surface area (Å²) < 4.78 is 25.5. The maximum atomic E-state index is 12.4. The van der Waals surface area contributed by atoms with Crippen molar-refractivity contribution in [3.63, 3.8) is 0 Å². The van der Waals surface area contributed by atoms with Gasteiger partial charge in [-0.15, -0.1) is 11.3 Å². The number of rotatable bonds is 7. The third-order valence-electron chi connectivity index (χ3n) is 5.22. The number of thiophene rings is 1. The van der Waals surface area contributed by atoms with Gasteiger partial charge in [-0.3, -0.25) is 14.4 Å². The van der Waals surface area contributed by atoms with Crippen LogP contribution in [-0.4, -0.2) is 54.1 Å². The second-order valence-corrected chi connectivity index (χ2v) is 10.8. The first-order valence-electron chi connectivity index (χ1n) is 9.42. The first-order chi connectivity index (χ1) is 13.2. The summed E-state index contributed by atoms with van der Waals surface area (Å²) in [6, 6.07) is 3.91. The third-order valence-corrected chi connectivity index (χ3v) is 8.02. The van der Waals surface area contributed by atoms with Gasteiger partial charge >= 0.3 is 0 Å². The number of likely N-dealkylation sites (N-methyl/N-ethyl adjacent to an activating group) is 1. The summed E-state index contributed by atoms with van der Waals surface area (Å²) in [5.41, 5.74) is 2.94. The topological polar surface area (TPSA) is 84.3 Å². The molecule has 28 heavy (non-hydrogen) atoms. The van der Waals surface area contributed by atoms with Gasteiger partial charge in [-0.25, -0.2) is 8.42 Å². The average molecular weight is 425 g/mol. The van der Waals surface area contributed by atoms with Crippen molar-refractivity contribution < 1.29 is 13.2 Å². The lowest BCUT2D eigenvalue weighted by Gasteiger charge is -2.19. The van der Waals surface area contributed by atoms with Gasteiger partial charge in [-0.1, -0.05) is 6.07 Å². The fourth-order valence-electron chi connectivity index (χ4n) is 3.72. The first kappa shape index (κ1) is 21.0. The van der Waals surface area contributed by atoms with E-state index in [2.05, 4.69) is 10.4 Å². The van der Waals surface area contributed by atoms with Crippen molar-refractivity contribution >= 4 is 27.1 Å². The van der Waals surface area contributed by atoms with E-state index >= 15 is 0 Å². The van der Waals surface area contributed by atoms with Gasteiger partial charge < -0.3 is 5.32 Å². The summed E-state index contributed by atoms with van der Waals surface area (Å²) in [5.74, 6) is 0.370. The smallest absolute Gasteiger partial charge is 0.234 e. The SMILES string of the molecule is Cc1nn([C@H]2CCS(=O)(=O)C2)c(C)c1CN(C)CC(=O)N[C@@H](C)c1cccs1. The van der Waals surface area contributed by atoms with E-state index in [9.17, 15) is 13.2 Å². The summed E-state index contributed by atoms with van der Waals surface area (Å²) in [6.07, 6.45) is 0.614. The van der Waals surface area contributed by atoms with Crippen molar-refractivity contribution in [2.75, 3.05) is 25.1 Å². The second-order valence-electron chi connectivity index (χ2n) is 7.63. The molecule has 2 atom stereocenters.